The van der Waals surface area contributed by atoms with Crippen molar-refractivity contribution < 1.29 is 4.74 Å². The highest BCUT2D eigenvalue weighted by Crippen LogP contribution is 2.21. The zero-order chi connectivity index (χ0) is 12.1. The van der Waals surface area contributed by atoms with Gasteiger partial charge in [-0.3, -0.25) is 5.84 Å². The minimum Gasteiger partial charge on any atom is -0.473 e. The van der Waals surface area contributed by atoms with Gasteiger partial charge in [0, 0.05) is 10.7 Å². The summed E-state index contributed by atoms with van der Waals surface area (Å²) < 4.78 is 6.70. The fraction of sp³-hybridized carbons (Fsp3) is 0.545. The molecule has 0 saturated carbocycles. The average molecular weight is 288 g/mol. The molecule has 0 aromatic heterocycles. The minimum atomic E-state index is 0.0708. The predicted molar refractivity (Wildman–Crippen MR) is 69.9 cm³/mol. The zero-order valence-electron chi connectivity index (χ0n) is 9.88. The molecule has 0 bridgehead atoms. The van der Waals surface area contributed by atoms with E-state index in [0.29, 0.717) is 5.90 Å². The number of ether oxygens (including phenoxy) is 1. The summed E-state index contributed by atoms with van der Waals surface area (Å²) in [6, 6.07) is 0. The molecule has 1 heterocycles. The summed E-state index contributed by atoms with van der Waals surface area (Å²) in [7, 11) is 0. The third-order valence-electron chi connectivity index (χ3n) is 2.19. The molecule has 3 N–H and O–H groups in total. The summed E-state index contributed by atoms with van der Waals surface area (Å²) in [6.07, 6.45) is 3.69. The van der Waals surface area contributed by atoms with Gasteiger partial charge in [0.05, 0.1) is 6.10 Å². The summed E-state index contributed by atoms with van der Waals surface area (Å²) >= 11 is 3.46. The van der Waals surface area contributed by atoms with Crippen LogP contribution in [0.15, 0.2) is 26.9 Å². The monoisotopic (exact) mass is 287 g/mol. The maximum atomic E-state index is 5.63. The second kappa shape index (κ2) is 6.06. The van der Waals surface area contributed by atoms with E-state index in [0.717, 1.165) is 28.6 Å². The number of nitrogens with two attached hydrogens (primary N) is 1. The van der Waals surface area contributed by atoms with E-state index in [4.69, 9.17) is 10.6 Å². The standard InChI is InChI=1S/C11H18BrN3O/c1-7(2)16-11-10(15-13)8(3)4-5-9(12)6-14-11/h6-7,15H,4-5,13H2,1-3H3. The molecule has 90 valence electrons. The first-order chi connectivity index (χ1) is 7.54. The molecule has 1 aliphatic heterocycles. The van der Waals surface area contributed by atoms with Gasteiger partial charge in [0.25, 0.3) is 0 Å². The molecule has 1 rings (SSSR count). The van der Waals surface area contributed by atoms with E-state index in [1.807, 2.05) is 20.8 Å². The molecule has 1 aliphatic rings. The van der Waals surface area contributed by atoms with Crippen molar-refractivity contribution in [2.45, 2.75) is 39.7 Å². The molecule has 0 fully saturated rings. The van der Waals surface area contributed by atoms with Crippen LogP contribution in [0.2, 0.25) is 0 Å². The van der Waals surface area contributed by atoms with Crippen LogP contribution in [0, 0.1) is 0 Å². The summed E-state index contributed by atoms with van der Waals surface area (Å²) in [4.78, 5) is 4.29. The van der Waals surface area contributed by atoms with Crippen LogP contribution in [0.25, 0.3) is 0 Å². The van der Waals surface area contributed by atoms with Crippen molar-refractivity contribution in [3.8, 4) is 0 Å². The van der Waals surface area contributed by atoms with Gasteiger partial charge in [-0.05, 0) is 39.2 Å². The van der Waals surface area contributed by atoms with E-state index in [-0.39, 0.29) is 6.10 Å². The Labute approximate surface area is 105 Å². The maximum absolute atomic E-state index is 5.63. The van der Waals surface area contributed by atoms with Crippen molar-refractivity contribution in [2.75, 3.05) is 0 Å². The summed E-state index contributed by atoms with van der Waals surface area (Å²) in [5.41, 5.74) is 4.60. The van der Waals surface area contributed by atoms with E-state index in [9.17, 15) is 0 Å². The summed E-state index contributed by atoms with van der Waals surface area (Å²) in [5, 5.41) is 0. The Bertz CT molecular complexity index is 345. The van der Waals surface area contributed by atoms with E-state index in [2.05, 4.69) is 26.3 Å². The number of rotatable bonds is 2. The largest absolute Gasteiger partial charge is 0.473 e. The maximum Gasteiger partial charge on any atom is 0.238 e. The van der Waals surface area contributed by atoms with Gasteiger partial charge >= 0.3 is 0 Å². The highest BCUT2D eigenvalue weighted by molar-refractivity contribution is 9.11. The van der Waals surface area contributed by atoms with E-state index < -0.39 is 0 Å². The second-order valence-corrected chi connectivity index (χ2v) is 5.00. The normalized spacial score (nSPS) is 17.6. The third kappa shape index (κ3) is 3.64. The van der Waals surface area contributed by atoms with Crippen molar-refractivity contribution in [3.63, 3.8) is 0 Å². The van der Waals surface area contributed by atoms with Crippen molar-refractivity contribution >= 4 is 21.8 Å². The highest BCUT2D eigenvalue weighted by Gasteiger charge is 2.14. The molecular weight excluding hydrogens is 270 g/mol. The molecule has 0 atom stereocenters. The molecule has 0 unspecified atom stereocenters. The minimum absolute atomic E-state index is 0.0708. The van der Waals surface area contributed by atoms with Crippen LogP contribution in [0.4, 0.5) is 0 Å². The second-order valence-electron chi connectivity index (χ2n) is 3.98. The Morgan fingerprint density at radius 3 is 2.75 bits per heavy atom. The van der Waals surface area contributed by atoms with Gasteiger partial charge in [-0.15, -0.1) is 0 Å². The first-order valence-corrected chi connectivity index (χ1v) is 6.09. The predicted octanol–water partition coefficient (Wildman–Crippen LogP) is 2.58. The third-order valence-corrected chi connectivity index (χ3v) is 2.79. The quantitative estimate of drug-likeness (QED) is 0.606. The summed E-state index contributed by atoms with van der Waals surface area (Å²) in [6.45, 7) is 5.95. The van der Waals surface area contributed by atoms with Gasteiger partial charge in [0.2, 0.25) is 5.90 Å². The lowest BCUT2D eigenvalue weighted by Crippen LogP contribution is -2.31. The molecule has 0 aliphatic carbocycles. The van der Waals surface area contributed by atoms with Crippen molar-refractivity contribution in [1.29, 1.82) is 0 Å². The number of hydrogen-bond acceptors (Lipinski definition) is 4. The number of nitrogens with one attached hydrogen (secondary N) is 1. The Morgan fingerprint density at radius 2 is 2.19 bits per heavy atom. The number of allylic oxidation sites excluding steroid dienone is 2. The van der Waals surface area contributed by atoms with Gasteiger partial charge in [-0.2, -0.15) is 0 Å². The molecule has 16 heavy (non-hydrogen) atoms. The summed E-state index contributed by atoms with van der Waals surface area (Å²) in [5.74, 6) is 6.06. The number of hydrogen-bond donors (Lipinski definition) is 2. The van der Waals surface area contributed by atoms with E-state index >= 15 is 0 Å². The molecule has 4 nitrogen and oxygen atoms in total. The molecule has 0 aromatic carbocycles. The van der Waals surface area contributed by atoms with Crippen LogP contribution < -0.4 is 11.3 Å². The Balaban J connectivity index is 3.05. The topological polar surface area (TPSA) is 59.6 Å². The van der Waals surface area contributed by atoms with Gasteiger partial charge < -0.3 is 10.2 Å². The van der Waals surface area contributed by atoms with Crippen LogP contribution in [-0.2, 0) is 4.74 Å². The lowest BCUT2D eigenvalue weighted by molar-refractivity contribution is 0.227. The molecule has 0 radical (unpaired) electrons. The van der Waals surface area contributed by atoms with E-state index in [1.54, 1.807) is 6.20 Å². The first kappa shape index (κ1) is 13.3. The van der Waals surface area contributed by atoms with Gasteiger partial charge in [-0.1, -0.05) is 15.9 Å². The number of nitrogens with zero attached hydrogens (tertiary/aromatic N) is 1. The van der Waals surface area contributed by atoms with Crippen LogP contribution in [0.5, 0.6) is 0 Å². The Kier molecular flexibility index (Phi) is 5.02. The number of aliphatic imine (C=N–C) groups is 1. The first-order valence-electron chi connectivity index (χ1n) is 5.30. The van der Waals surface area contributed by atoms with Gasteiger partial charge in [0.15, 0.2) is 0 Å². The van der Waals surface area contributed by atoms with Crippen molar-refractivity contribution in [1.82, 2.24) is 5.43 Å². The lowest BCUT2D eigenvalue weighted by atomic mass is 10.1. The lowest BCUT2D eigenvalue weighted by Gasteiger charge is -2.18. The SMILES string of the molecule is CC1=C(NN)C(OC(C)C)=NC=C(Br)CC1. The highest BCUT2D eigenvalue weighted by atomic mass is 79.9. The molecule has 0 aromatic rings. The fourth-order valence-electron chi connectivity index (χ4n) is 1.37. The Hall–Kier alpha value is -0.810. The van der Waals surface area contributed by atoms with Crippen LogP contribution >= 0.6 is 15.9 Å². The van der Waals surface area contributed by atoms with Gasteiger partial charge in [-0.25, -0.2) is 4.99 Å². The smallest absolute Gasteiger partial charge is 0.238 e. The van der Waals surface area contributed by atoms with Gasteiger partial charge in [0.1, 0.15) is 5.70 Å². The number of halogens is 1. The number of hydrazine groups is 1. The molecular formula is C11H18BrN3O. The van der Waals surface area contributed by atoms with Crippen LogP contribution in [-0.4, -0.2) is 12.0 Å². The van der Waals surface area contributed by atoms with E-state index in [1.165, 1.54) is 0 Å². The zero-order valence-corrected chi connectivity index (χ0v) is 11.5. The van der Waals surface area contributed by atoms with Crippen LogP contribution in [0.3, 0.4) is 0 Å². The Morgan fingerprint density at radius 1 is 1.50 bits per heavy atom. The molecule has 0 saturated heterocycles. The molecule has 5 heteroatoms. The molecule has 0 amide bonds. The van der Waals surface area contributed by atoms with Crippen molar-refractivity contribution in [3.05, 3.63) is 22.0 Å². The molecule has 0 spiro atoms. The van der Waals surface area contributed by atoms with Crippen molar-refractivity contribution in [2.24, 2.45) is 10.8 Å². The average Bonchev–Trinajstić information content (AvgIpc) is 2.21. The fourth-order valence-corrected chi connectivity index (χ4v) is 1.67. The van der Waals surface area contributed by atoms with Crippen LogP contribution in [0.1, 0.15) is 33.6 Å².